The highest BCUT2D eigenvalue weighted by Crippen LogP contribution is 2.32. The lowest BCUT2D eigenvalue weighted by atomic mass is 9.76. The fourth-order valence-electron chi connectivity index (χ4n) is 0.767. The zero-order chi connectivity index (χ0) is 10.9. The Morgan fingerprint density at radius 1 is 1.23 bits per heavy atom. The molecule has 0 spiro atoms. The number of halogens is 1. The van der Waals surface area contributed by atoms with Crippen LogP contribution in [0.4, 0.5) is 0 Å². The van der Waals surface area contributed by atoms with Gasteiger partial charge in [-0.2, -0.15) is 0 Å². The molecule has 0 aliphatic heterocycles. The molecule has 0 aliphatic rings. The third-order valence-electron chi connectivity index (χ3n) is 1.93. The standard InChI is InChI=1S/C7H11ClO5/c1-6(2,3-8)7(13,4(9)10)5(11)12/h13H,3H2,1-2H3,(H,9,10)(H,11,12). The molecule has 0 amide bonds. The van der Waals surface area contributed by atoms with Crippen molar-refractivity contribution in [2.75, 3.05) is 5.88 Å². The van der Waals surface area contributed by atoms with Crippen LogP contribution in [0.1, 0.15) is 13.8 Å². The molecule has 0 aromatic heterocycles. The number of carbonyl (C=O) groups is 2. The average molecular weight is 211 g/mol. The van der Waals surface area contributed by atoms with Gasteiger partial charge in [-0.3, -0.25) is 0 Å². The van der Waals surface area contributed by atoms with E-state index < -0.39 is 23.0 Å². The molecule has 0 rings (SSSR count). The Labute approximate surface area is 79.9 Å². The number of rotatable bonds is 4. The summed E-state index contributed by atoms with van der Waals surface area (Å²) in [6.45, 7) is 2.53. The Morgan fingerprint density at radius 3 is 1.62 bits per heavy atom. The minimum Gasteiger partial charge on any atom is -0.479 e. The first kappa shape index (κ1) is 12.2. The van der Waals surface area contributed by atoms with Crippen LogP contribution in [0.5, 0.6) is 0 Å². The normalized spacial score (nSPS) is 12.6. The van der Waals surface area contributed by atoms with Crippen molar-refractivity contribution in [3.8, 4) is 0 Å². The highest BCUT2D eigenvalue weighted by molar-refractivity contribution is 6.19. The first-order chi connectivity index (χ1) is 5.70. The number of hydrogen-bond donors (Lipinski definition) is 3. The molecule has 0 atom stereocenters. The van der Waals surface area contributed by atoms with E-state index in [-0.39, 0.29) is 5.88 Å². The van der Waals surface area contributed by atoms with Gasteiger partial charge in [0.25, 0.3) is 5.60 Å². The summed E-state index contributed by atoms with van der Waals surface area (Å²) < 4.78 is 0. The van der Waals surface area contributed by atoms with Crippen LogP contribution in [0.3, 0.4) is 0 Å². The lowest BCUT2D eigenvalue weighted by Crippen LogP contribution is -2.58. The fourth-order valence-corrected chi connectivity index (χ4v) is 0.961. The summed E-state index contributed by atoms with van der Waals surface area (Å²) in [5.41, 5.74) is -4.29. The zero-order valence-corrected chi connectivity index (χ0v) is 8.00. The molecule has 0 aromatic rings. The predicted octanol–water partition coefficient (Wildman–Crippen LogP) is 0.152. The smallest absolute Gasteiger partial charge is 0.348 e. The van der Waals surface area contributed by atoms with Gasteiger partial charge in [-0.05, 0) is 0 Å². The Kier molecular flexibility index (Phi) is 3.29. The molecular formula is C7H11ClO5. The van der Waals surface area contributed by atoms with Gasteiger partial charge in [-0.25, -0.2) is 9.59 Å². The first-order valence-electron chi connectivity index (χ1n) is 3.45. The van der Waals surface area contributed by atoms with Crippen LogP contribution in [0, 0.1) is 5.41 Å². The molecule has 5 nitrogen and oxygen atoms in total. The number of carboxylic acid groups (broad SMARTS) is 2. The van der Waals surface area contributed by atoms with E-state index in [0.717, 1.165) is 0 Å². The minimum absolute atomic E-state index is 0.276. The maximum absolute atomic E-state index is 10.6. The molecule has 3 N–H and O–H groups in total. The van der Waals surface area contributed by atoms with Crippen LogP contribution in [-0.2, 0) is 9.59 Å². The van der Waals surface area contributed by atoms with E-state index in [4.69, 9.17) is 21.8 Å². The Hall–Kier alpha value is -0.810. The Balaban J connectivity index is 5.26. The molecule has 0 saturated carbocycles. The van der Waals surface area contributed by atoms with Crippen LogP contribution in [0.25, 0.3) is 0 Å². The second-order valence-electron chi connectivity index (χ2n) is 3.34. The predicted molar refractivity (Wildman–Crippen MR) is 44.7 cm³/mol. The number of aliphatic hydroxyl groups is 1. The van der Waals surface area contributed by atoms with E-state index in [1.54, 1.807) is 0 Å². The largest absolute Gasteiger partial charge is 0.479 e. The summed E-state index contributed by atoms with van der Waals surface area (Å²) in [5.74, 6) is -3.90. The van der Waals surface area contributed by atoms with E-state index in [1.165, 1.54) is 13.8 Å². The first-order valence-corrected chi connectivity index (χ1v) is 3.98. The van der Waals surface area contributed by atoms with Gasteiger partial charge in [-0.15, -0.1) is 11.6 Å². The van der Waals surface area contributed by atoms with Crippen molar-refractivity contribution < 1.29 is 24.9 Å². The topological polar surface area (TPSA) is 94.8 Å². The SMILES string of the molecule is CC(C)(CCl)C(O)(C(=O)O)C(=O)O. The lowest BCUT2D eigenvalue weighted by Gasteiger charge is -2.33. The van der Waals surface area contributed by atoms with Crippen molar-refractivity contribution in [2.45, 2.75) is 19.4 Å². The maximum atomic E-state index is 10.6. The van der Waals surface area contributed by atoms with E-state index in [9.17, 15) is 14.7 Å². The van der Waals surface area contributed by atoms with Crippen LogP contribution >= 0.6 is 11.6 Å². The van der Waals surface area contributed by atoms with Gasteiger partial charge in [0.15, 0.2) is 0 Å². The van der Waals surface area contributed by atoms with Crippen molar-refractivity contribution >= 4 is 23.5 Å². The van der Waals surface area contributed by atoms with Gasteiger partial charge in [-0.1, -0.05) is 13.8 Å². The lowest BCUT2D eigenvalue weighted by molar-refractivity contribution is -0.188. The van der Waals surface area contributed by atoms with Crippen LogP contribution in [0.2, 0.25) is 0 Å². The summed E-state index contributed by atoms with van der Waals surface area (Å²) in [6.07, 6.45) is 0. The van der Waals surface area contributed by atoms with Gasteiger partial charge in [0.05, 0.1) is 0 Å². The van der Waals surface area contributed by atoms with E-state index in [1.807, 2.05) is 0 Å². The zero-order valence-electron chi connectivity index (χ0n) is 7.24. The van der Waals surface area contributed by atoms with Gasteiger partial charge in [0.1, 0.15) is 0 Å². The summed E-state index contributed by atoms with van der Waals surface area (Å²) in [7, 11) is 0. The second-order valence-corrected chi connectivity index (χ2v) is 3.61. The molecule has 0 aromatic carbocycles. The molecule has 0 bridgehead atoms. The van der Waals surface area contributed by atoms with Crippen molar-refractivity contribution in [3.63, 3.8) is 0 Å². The van der Waals surface area contributed by atoms with Crippen LogP contribution in [-0.4, -0.2) is 38.7 Å². The van der Waals surface area contributed by atoms with Crippen molar-refractivity contribution in [2.24, 2.45) is 5.41 Å². The van der Waals surface area contributed by atoms with Gasteiger partial charge in [0.2, 0.25) is 0 Å². The molecule has 0 saturated heterocycles. The average Bonchev–Trinajstić information content (AvgIpc) is 2.01. The molecule has 6 heteroatoms. The van der Waals surface area contributed by atoms with Crippen molar-refractivity contribution in [3.05, 3.63) is 0 Å². The molecule has 0 radical (unpaired) electrons. The summed E-state index contributed by atoms with van der Waals surface area (Å²) >= 11 is 5.38. The molecule has 76 valence electrons. The molecule has 0 aliphatic carbocycles. The van der Waals surface area contributed by atoms with Gasteiger partial charge in [0, 0.05) is 11.3 Å². The quantitative estimate of drug-likeness (QED) is 0.454. The van der Waals surface area contributed by atoms with E-state index >= 15 is 0 Å². The van der Waals surface area contributed by atoms with Crippen LogP contribution < -0.4 is 0 Å². The second kappa shape index (κ2) is 3.51. The number of hydrogen-bond acceptors (Lipinski definition) is 3. The molecule has 13 heavy (non-hydrogen) atoms. The number of aliphatic carboxylic acids is 2. The Morgan fingerprint density at radius 2 is 1.54 bits per heavy atom. The fraction of sp³-hybridized carbons (Fsp3) is 0.714. The molecule has 0 fully saturated rings. The van der Waals surface area contributed by atoms with E-state index in [0.29, 0.717) is 0 Å². The number of carboxylic acids is 2. The van der Waals surface area contributed by atoms with Gasteiger partial charge >= 0.3 is 11.9 Å². The Bertz CT molecular complexity index is 221. The third kappa shape index (κ3) is 1.76. The molecule has 0 heterocycles. The van der Waals surface area contributed by atoms with Crippen molar-refractivity contribution in [1.82, 2.24) is 0 Å². The molecular weight excluding hydrogens is 200 g/mol. The summed E-state index contributed by atoms with van der Waals surface area (Å²) in [5, 5.41) is 26.6. The monoisotopic (exact) mass is 210 g/mol. The van der Waals surface area contributed by atoms with E-state index in [2.05, 4.69) is 0 Å². The summed E-state index contributed by atoms with van der Waals surface area (Å²) in [4.78, 5) is 21.2. The van der Waals surface area contributed by atoms with Crippen LogP contribution in [0.15, 0.2) is 0 Å². The number of alkyl halides is 1. The highest BCUT2D eigenvalue weighted by atomic mass is 35.5. The van der Waals surface area contributed by atoms with Crippen molar-refractivity contribution in [1.29, 1.82) is 0 Å². The third-order valence-corrected chi connectivity index (χ3v) is 2.60. The minimum atomic E-state index is -2.85. The summed E-state index contributed by atoms with van der Waals surface area (Å²) in [6, 6.07) is 0. The van der Waals surface area contributed by atoms with Gasteiger partial charge < -0.3 is 15.3 Å². The maximum Gasteiger partial charge on any atom is 0.348 e. The highest BCUT2D eigenvalue weighted by Gasteiger charge is 2.56. The molecule has 0 unspecified atom stereocenters.